The van der Waals surface area contributed by atoms with Gasteiger partial charge in [0.2, 0.25) is 0 Å². The minimum atomic E-state index is -0.665. The molecular weight excluding hydrogens is 667 g/mol. The number of thiazole rings is 2. The van der Waals surface area contributed by atoms with Crippen LogP contribution in [0, 0.1) is 11.8 Å². The zero-order chi connectivity index (χ0) is 35.9. The van der Waals surface area contributed by atoms with Crippen molar-refractivity contribution in [3.63, 3.8) is 0 Å². The van der Waals surface area contributed by atoms with E-state index < -0.39 is 6.04 Å². The van der Waals surface area contributed by atoms with Crippen molar-refractivity contribution < 1.29 is 19.1 Å². The summed E-state index contributed by atoms with van der Waals surface area (Å²) in [5, 5.41) is 6.05. The predicted octanol–water partition coefficient (Wildman–Crippen LogP) is 7.39. The number of ether oxygens (including phenoxy) is 1. The van der Waals surface area contributed by atoms with E-state index >= 15 is 0 Å². The van der Waals surface area contributed by atoms with Gasteiger partial charge in [-0.1, -0.05) is 74.5 Å². The Hall–Kier alpha value is -3.93. The first-order valence-corrected chi connectivity index (χ1v) is 19.1. The van der Waals surface area contributed by atoms with E-state index in [1.807, 2.05) is 60.8 Å². The Bertz CT molecular complexity index is 1590. The number of Topliss-reactive ketones (excluding diaryl/α,β-unsaturated/α-hetero) is 1. The number of carbonyl (C=O) groups is 3. The lowest BCUT2D eigenvalue weighted by Gasteiger charge is -2.27. The summed E-state index contributed by atoms with van der Waals surface area (Å²) in [7, 11) is 5.54. The molecule has 11 heteroatoms. The summed E-state index contributed by atoms with van der Waals surface area (Å²) in [5.41, 5.74) is 4.89. The van der Waals surface area contributed by atoms with Crippen LogP contribution in [0.15, 0.2) is 77.8 Å². The lowest BCUT2D eigenvalue weighted by atomic mass is 9.83. The summed E-state index contributed by atoms with van der Waals surface area (Å²) in [6.45, 7) is 5.19. The lowest BCUT2D eigenvalue weighted by molar-refractivity contribution is -0.146. The molecule has 0 spiro atoms. The van der Waals surface area contributed by atoms with E-state index in [0.717, 1.165) is 46.8 Å². The fourth-order valence-corrected chi connectivity index (χ4v) is 7.26. The van der Waals surface area contributed by atoms with E-state index in [2.05, 4.69) is 53.4 Å². The SMILES string of the molecule is CC(C)c1nc(CN(C)C(=O)NC(CN(C)C)C(=O)C[C@H](CC[C@@H](CC(=O)OCc2cncs2)Cc2ccccc2)Cc2ccccc2)cs1. The molecule has 0 aliphatic rings. The molecule has 2 amide bonds. The molecule has 50 heavy (non-hydrogen) atoms. The van der Waals surface area contributed by atoms with Gasteiger partial charge in [-0.2, -0.15) is 0 Å². The number of hydrogen-bond acceptors (Lipinski definition) is 9. The van der Waals surface area contributed by atoms with Gasteiger partial charge in [-0.3, -0.25) is 14.6 Å². The highest BCUT2D eigenvalue weighted by atomic mass is 32.1. The molecule has 4 rings (SSSR count). The molecule has 0 saturated carbocycles. The number of likely N-dealkylation sites (N-methyl/N-ethyl adjacent to an activating group) is 1. The number of hydrogen-bond donors (Lipinski definition) is 1. The van der Waals surface area contributed by atoms with Crippen molar-refractivity contribution in [2.45, 2.75) is 77.5 Å². The molecule has 2 aromatic heterocycles. The van der Waals surface area contributed by atoms with E-state index in [0.29, 0.717) is 31.8 Å². The number of benzene rings is 2. The molecule has 3 atom stereocenters. The first-order chi connectivity index (χ1) is 24.0. The van der Waals surface area contributed by atoms with Gasteiger partial charge in [0.25, 0.3) is 0 Å². The lowest BCUT2D eigenvalue weighted by Crippen LogP contribution is -2.51. The van der Waals surface area contributed by atoms with E-state index in [1.54, 1.807) is 35.0 Å². The van der Waals surface area contributed by atoms with Gasteiger partial charge in [0.1, 0.15) is 12.6 Å². The Kier molecular flexibility index (Phi) is 15.6. The zero-order valence-corrected chi connectivity index (χ0v) is 31.6. The first-order valence-electron chi connectivity index (χ1n) is 17.3. The number of esters is 1. The quantitative estimate of drug-likeness (QED) is 0.0952. The maximum Gasteiger partial charge on any atom is 0.318 e. The molecule has 0 aliphatic carbocycles. The smallest absolute Gasteiger partial charge is 0.318 e. The largest absolute Gasteiger partial charge is 0.460 e. The molecule has 0 aliphatic heterocycles. The van der Waals surface area contributed by atoms with Gasteiger partial charge in [0, 0.05) is 43.9 Å². The van der Waals surface area contributed by atoms with Crippen molar-refractivity contribution in [2.24, 2.45) is 11.8 Å². The second-order valence-corrected chi connectivity index (χ2v) is 15.5. The van der Waals surface area contributed by atoms with Gasteiger partial charge in [0.15, 0.2) is 5.78 Å². The van der Waals surface area contributed by atoms with E-state index in [-0.39, 0.29) is 36.2 Å². The Balaban J connectivity index is 1.44. The molecular formula is C39H51N5O4S2. The molecule has 0 bridgehead atoms. The molecule has 0 fully saturated rings. The van der Waals surface area contributed by atoms with E-state index in [9.17, 15) is 14.4 Å². The molecule has 2 aromatic carbocycles. The van der Waals surface area contributed by atoms with Crippen LogP contribution >= 0.6 is 22.7 Å². The van der Waals surface area contributed by atoms with E-state index in [1.165, 1.54) is 16.9 Å². The summed E-state index contributed by atoms with van der Waals surface area (Å²) in [6, 6.07) is 19.4. The Morgan fingerprint density at radius 1 is 0.860 bits per heavy atom. The summed E-state index contributed by atoms with van der Waals surface area (Å²) in [5.74, 6) is 0.176. The second kappa shape index (κ2) is 20.1. The van der Waals surface area contributed by atoms with Gasteiger partial charge in [-0.15, -0.1) is 22.7 Å². The van der Waals surface area contributed by atoms with Crippen molar-refractivity contribution >= 4 is 40.5 Å². The number of nitrogens with zero attached hydrogens (tertiary/aromatic N) is 4. The van der Waals surface area contributed by atoms with Crippen molar-refractivity contribution in [3.8, 4) is 0 Å². The van der Waals surface area contributed by atoms with Crippen LogP contribution in [-0.4, -0.2) is 71.3 Å². The molecule has 1 N–H and O–H groups in total. The van der Waals surface area contributed by atoms with Crippen LogP contribution in [0.25, 0.3) is 0 Å². The number of ketones is 1. The molecule has 0 saturated heterocycles. The van der Waals surface area contributed by atoms with Gasteiger partial charge < -0.3 is 19.9 Å². The summed E-state index contributed by atoms with van der Waals surface area (Å²) < 4.78 is 5.62. The highest BCUT2D eigenvalue weighted by molar-refractivity contribution is 7.09. The number of carbonyl (C=O) groups excluding carboxylic acids is 3. The van der Waals surface area contributed by atoms with Gasteiger partial charge in [-0.05, 0) is 62.7 Å². The van der Waals surface area contributed by atoms with Crippen LogP contribution < -0.4 is 5.32 Å². The van der Waals surface area contributed by atoms with Crippen LogP contribution in [0.4, 0.5) is 4.79 Å². The minimum Gasteiger partial charge on any atom is -0.460 e. The normalized spacial score (nSPS) is 13.2. The molecule has 2 heterocycles. The van der Waals surface area contributed by atoms with Gasteiger partial charge >= 0.3 is 12.0 Å². The maximum absolute atomic E-state index is 14.0. The van der Waals surface area contributed by atoms with Crippen molar-refractivity contribution in [3.05, 3.63) is 104 Å². The fraction of sp³-hybridized carbons (Fsp3) is 0.462. The summed E-state index contributed by atoms with van der Waals surface area (Å²) >= 11 is 3.06. The summed E-state index contributed by atoms with van der Waals surface area (Å²) in [6.07, 6.45) is 5.31. The number of urea groups is 1. The number of nitrogens with one attached hydrogen (secondary N) is 1. The van der Waals surface area contributed by atoms with Crippen molar-refractivity contribution in [1.82, 2.24) is 25.1 Å². The van der Waals surface area contributed by atoms with E-state index in [4.69, 9.17) is 4.74 Å². The number of aromatic nitrogens is 2. The van der Waals surface area contributed by atoms with Crippen LogP contribution in [-0.2, 0) is 40.3 Å². The third kappa shape index (κ3) is 13.4. The predicted molar refractivity (Wildman–Crippen MR) is 201 cm³/mol. The zero-order valence-electron chi connectivity index (χ0n) is 29.9. The molecule has 268 valence electrons. The van der Waals surface area contributed by atoms with Crippen molar-refractivity contribution in [2.75, 3.05) is 27.7 Å². The highest BCUT2D eigenvalue weighted by Gasteiger charge is 2.27. The van der Waals surface area contributed by atoms with Crippen molar-refractivity contribution in [1.29, 1.82) is 0 Å². The Labute approximate surface area is 305 Å². The average molecular weight is 718 g/mol. The maximum atomic E-state index is 14.0. The van der Waals surface area contributed by atoms with Gasteiger partial charge in [-0.25, -0.2) is 9.78 Å². The fourth-order valence-electron chi connectivity index (χ4n) is 5.93. The number of rotatable bonds is 20. The first kappa shape index (κ1) is 38.9. The molecule has 1 unspecified atom stereocenters. The highest BCUT2D eigenvalue weighted by Crippen LogP contribution is 2.26. The summed E-state index contributed by atoms with van der Waals surface area (Å²) in [4.78, 5) is 53.5. The molecule has 9 nitrogen and oxygen atoms in total. The Morgan fingerprint density at radius 2 is 1.48 bits per heavy atom. The molecule has 4 aromatic rings. The van der Waals surface area contributed by atoms with Crippen LogP contribution in [0.3, 0.4) is 0 Å². The average Bonchev–Trinajstić information content (AvgIpc) is 3.79. The molecule has 0 radical (unpaired) electrons. The van der Waals surface area contributed by atoms with Crippen LogP contribution in [0.5, 0.6) is 0 Å². The van der Waals surface area contributed by atoms with Crippen LogP contribution in [0.2, 0.25) is 0 Å². The monoisotopic (exact) mass is 717 g/mol. The van der Waals surface area contributed by atoms with Gasteiger partial charge in [0.05, 0.1) is 27.6 Å². The third-order valence-electron chi connectivity index (χ3n) is 8.57. The Morgan fingerprint density at radius 3 is 2.02 bits per heavy atom. The third-order valence-corrected chi connectivity index (χ3v) is 10.5. The topological polar surface area (TPSA) is 105 Å². The van der Waals surface area contributed by atoms with Crippen LogP contribution in [0.1, 0.15) is 72.2 Å². The number of amides is 2. The minimum absolute atomic E-state index is 0.000657. The standard InChI is InChI=1S/C39H51N5O4S2/c1-28(2)38-41-33(26-49-38)23-44(5)39(47)42-35(24-43(3)4)36(45)20-31(18-29-12-8-6-9-13-29)16-17-32(19-30-14-10-7-11-15-30)21-37(46)48-25-34-22-40-27-50-34/h6-15,22,26-28,31-32,35H,16-21,23-25H2,1-5H3,(H,42,47)/t31-,32-,35?/m1/s1. The second-order valence-electron chi connectivity index (χ2n) is 13.6.